The summed E-state index contributed by atoms with van der Waals surface area (Å²) in [7, 11) is 1.94. The van der Waals surface area contributed by atoms with Gasteiger partial charge in [-0.2, -0.15) is 0 Å². The van der Waals surface area contributed by atoms with Gasteiger partial charge in [0, 0.05) is 16.0 Å². The van der Waals surface area contributed by atoms with E-state index in [9.17, 15) is 0 Å². The average molecular weight is 311 g/mol. The van der Waals surface area contributed by atoms with Crippen molar-refractivity contribution in [2.45, 2.75) is 6.54 Å². The van der Waals surface area contributed by atoms with Gasteiger partial charge in [-0.1, -0.05) is 45.7 Å². The lowest BCUT2D eigenvalue weighted by molar-refractivity contribution is 0.819. The van der Waals surface area contributed by atoms with Crippen LogP contribution in [-0.4, -0.2) is 7.05 Å². The van der Waals surface area contributed by atoms with E-state index in [0.717, 1.165) is 16.0 Å². The van der Waals surface area contributed by atoms with Gasteiger partial charge in [0.15, 0.2) is 0 Å². The second-order valence-electron chi connectivity index (χ2n) is 3.84. The molecule has 0 heterocycles. The Morgan fingerprint density at radius 3 is 2.71 bits per heavy atom. The minimum Gasteiger partial charge on any atom is -0.316 e. The summed E-state index contributed by atoms with van der Waals surface area (Å²) < 4.78 is 1.07. The van der Waals surface area contributed by atoms with Crippen LogP contribution in [0.4, 0.5) is 0 Å². The van der Waals surface area contributed by atoms with Crippen LogP contribution < -0.4 is 5.32 Å². The fourth-order valence-corrected chi connectivity index (χ4v) is 2.39. The second-order valence-corrected chi connectivity index (χ2v) is 5.19. The maximum absolute atomic E-state index is 6.07. The Kier molecular flexibility index (Phi) is 4.21. The normalized spacial score (nSPS) is 10.5. The third-order valence-corrected chi connectivity index (χ3v) is 3.30. The number of rotatable bonds is 3. The van der Waals surface area contributed by atoms with Crippen molar-refractivity contribution in [2.75, 3.05) is 7.05 Å². The summed E-state index contributed by atoms with van der Waals surface area (Å²) in [6.07, 6.45) is 0. The molecule has 3 heteroatoms. The first-order valence-electron chi connectivity index (χ1n) is 5.39. The van der Waals surface area contributed by atoms with Gasteiger partial charge in [-0.05, 0) is 48.0 Å². The minimum atomic E-state index is 0.764. The van der Waals surface area contributed by atoms with Crippen molar-refractivity contribution < 1.29 is 0 Å². The smallest absolute Gasteiger partial charge is 0.0412 e. The van der Waals surface area contributed by atoms with Crippen LogP contribution in [0.1, 0.15) is 5.56 Å². The molecule has 0 saturated carbocycles. The van der Waals surface area contributed by atoms with Gasteiger partial charge in [0.25, 0.3) is 0 Å². The molecule has 0 unspecified atom stereocenters. The van der Waals surface area contributed by atoms with Crippen molar-refractivity contribution in [3.63, 3.8) is 0 Å². The van der Waals surface area contributed by atoms with Crippen LogP contribution in [0, 0.1) is 0 Å². The van der Waals surface area contributed by atoms with Gasteiger partial charge in [0.2, 0.25) is 0 Å². The lowest BCUT2D eigenvalue weighted by atomic mass is 10.00. The van der Waals surface area contributed by atoms with Crippen molar-refractivity contribution in [3.8, 4) is 11.1 Å². The molecular weight excluding hydrogens is 298 g/mol. The first-order valence-corrected chi connectivity index (χ1v) is 6.57. The number of hydrogen-bond acceptors (Lipinski definition) is 1. The Morgan fingerprint density at radius 1 is 1.18 bits per heavy atom. The Bertz CT molecular complexity index is 525. The maximum atomic E-state index is 6.07. The van der Waals surface area contributed by atoms with Crippen molar-refractivity contribution >= 4 is 27.5 Å². The average Bonchev–Trinajstić information content (AvgIpc) is 2.32. The van der Waals surface area contributed by atoms with E-state index in [1.807, 2.05) is 31.3 Å². The Balaban J connectivity index is 2.52. The topological polar surface area (TPSA) is 12.0 Å². The lowest BCUT2D eigenvalue weighted by Gasteiger charge is -2.10. The Morgan fingerprint density at radius 2 is 2.00 bits per heavy atom. The van der Waals surface area contributed by atoms with E-state index >= 15 is 0 Å². The molecule has 0 bridgehead atoms. The molecule has 0 amide bonds. The van der Waals surface area contributed by atoms with Gasteiger partial charge in [-0.25, -0.2) is 0 Å². The van der Waals surface area contributed by atoms with E-state index in [4.69, 9.17) is 11.6 Å². The van der Waals surface area contributed by atoms with E-state index in [1.165, 1.54) is 16.7 Å². The van der Waals surface area contributed by atoms with E-state index < -0.39 is 0 Å². The molecule has 1 nitrogen and oxygen atoms in total. The summed E-state index contributed by atoms with van der Waals surface area (Å²) >= 11 is 9.57. The standard InChI is InChI=1S/C14H13BrClN/c1-17-9-11-5-6-13(16)8-14(11)10-3-2-4-12(15)7-10/h2-8,17H,9H2,1H3. The molecule has 0 fully saturated rings. The summed E-state index contributed by atoms with van der Waals surface area (Å²) in [6.45, 7) is 0.832. The van der Waals surface area contributed by atoms with Crippen LogP contribution in [-0.2, 0) is 6.54 Å². The molecule has 0 aliphatic carbocycles. The van der Waals surface area contributed by atoms with Crippen LogP contribution in [0.3, 0.4) is 0 Å². The van der Waals surface area contributed by atoms with Crippen LogP contribution in [0.5, 0.6) is 0 Å². The number of hydrogen-bond donors (Lipinski definition) is 1. The minimum absolute atomic E-state index is 0.764. The van der Waals surface area contributed by atoms with Crippen LogP contribution >= 0.6 is 27.5 Å². The molecule has 2 rings (SSSR count). The van der Waals surface area contributed by atoms with E-state index in [0.29, 0.717) is 0 Å². The molecule has 0 aliphatic rings. The largest absolute Gasteiger partial charge is 0.316 e. The summed E-state index contributed by atoms with van der Waals surface area (Å²) in [6, 6.07) is 14.2. The summed E-state index contributed by atoms with van der Waals surface area (Å²) in [5.41, 5.74) is 3.59. The zero-order valence-electron chi connectivity index (χ0n) is 9.50. The molecule has 17 heavy (non-hydrogen) atoms. The molecule has 2 aromatic carbocycles. The van der Waals surface area contributed by atoms with Crippen molar-refractivity contribution in [1.82, 2.24) is 5.32 Å². The van der Waals surface area contributed by atoms with Gasteiger partial charge < -0.3 is 5.32 Å². The SMILES string of the molecule is CNCc1ccc(Cl)cc1-c1cccc(Br)c1. The second kappa shape index (κ2) is 5.67. The van der Waals surface area contributed by atoms with Gasteiger partial charge in [0.1, 0.15) is 0 Å². The van der Waals surface area contributed by atoms with Crippen LogP contribution in [0.25, 0.3) is 11.1 Å². The van der Waals surface area contributed by atoms with Crippen molar-refractivity contribution in [3.05, 3.63) is 57.5 Å². The van der Waals surface area contributed by atoms with Gasteiger partial charge in [0.05, 0.1) is 0 Å². The fourth-order valence-electron chi connectivity index (χ4n) is 1.82. The Hall–Kier alpha value is -0.830. The van der Waals surface area contributed by atoms with Crippen molar-refractivity contribution in [2.24, 2.45) is 0 Å². The fraction of sp³-hybridized carbons (Fsp3) is 0.143. The first kappa shape index (κ1) is 12.6. The predicted octanol–water partition coefficient (Wildman–Crippen LogP) is 4.49. The molecule has 0 saturated heterocycles. The van der Waals surface area contributed by atoms with Gasteiger partial charge in [-0.15, -0.1) is 0 Å². The predicted molar refractivity (Wildman–Crippen MR) is 77.4 cm³/mol. The maximum Gasteiger partial charge on any atom is 0.0412 e. The molecular formula is C14H13BrClN. The van der Waals surface area contributed by atoms with Crippen LogP contribution in [0.2, 0.25) is 5.02 Å². The molecule has 0 aliphatic heterocycles. The summed E-state index contributed by atoms with van der Waals surface area (Å²) in [5.74, 6) is 0. The van der Waals surface area contributed by atoms with Crippen LogP contribution in [0.15, 0.2) is 46.9 Å². The van der Waals surface area contributed by atoms with Gasteiger partial charge >= 0.3 is 0 Å². The molecule has 88 valence electrons. The molecule has 0 aromatic heterocycles. The highest BCUT2D eigenvalue weighted by Crippen LogP contribution is 2.28. The van der Waals surface area contributed by atoms with Gasteiger partial charge in [-0.3, -0.25) is 0 Å². The zero-order chi connectivity index (χ0) is 12.3. The highest BCUT2D eigenvalue weighted by molar-refractivity contribution is 9.10. The molecule has 0 spiro atoms. The van der Waals surface area contributed by atoms with E-state index in [-0.39, 0.29) is 0 Å². The monoisotopic (exact) mass is 309 g/mol. The number of halogens is 2. The third-order valence-electron chi connectivity index (χ3n) is 2.57. The Labute approximate surface area is 115 Å². The van der Waals surface area contributed by atoms with E-state index in [2.05, 4.69) is 39.4 Å². The third kappa shape index (κ3) is 3.09. The highest BCUT2D eigenvalue weighted by Gasteiger charge is 2.05. The summed E-state index contributed by atoms with van der Waals surface area (Å²) in [5, 5.41) is 3.94. The molecule has 2 aromatic rings. The lowest BCUT2D eigenvalue weighted by Crippen LogP contribution is -2.06. The molecule has 1 N–H and O–H groups in total. The van der Waals surface area contributed by atoms with Crippen molar-refractivity contribution in [1.29, 1.82) is 0 Å². The molecule has 0 atom stereocenters. The highest BCUT2D eigenvalue weighted by atomic mass is 79.9. The van der Waals surface area contributed by atoms with E-state index in [1.54, 1.807) is 0 Å². The first-order chi connectivity index (χ1) is 8.20. The zero-order valence-corrected chi connectivity index (χ0v) is 11.8. The number of benzene rings is 2. The molecule has 0 radical (unpaired) electrons. The quantitative estimate of drug-likeness (QED) is 0.881. The number of nitrogens with one attached hydrogen (secondary N) is 1. The summed E-state index contributed by atoms with van der Waals surface area (Å²) in [4.78, 5) is 0.